The second-order valence-corrected chi connectivity index (χ2v) is 6.99. The van der Waals surface area contributed by atoms with E-state index in [4.69, 9.17) is 5.53 Å². The molecular formula is C15H28N6O. The normalized spacial score (nSPS) is 24.6. The molecule has 22 heavy (non-hydrogen) atoms. The van der Waals surface area contributed by atoms with E-state index in [0.717, 1.165) is 45.8 Å². The Hall–Kier alpha value is -1.30. The average Bonchev–Trinajstić information content (AvgIpc) is 2.84. The van der Waals surface area contributed by atoms with Crippen molar-refractivity contribution in [1.82, 2.24) is 14.7 Å². The van der Waals surface area contributed by atoms with Crippen molar-refractivity contribution in [3.05, 3.63) is 10.4 Å². The molecule has 0 bridgehead atoms. The number of hydrogen-bond acceptors (Lipinski definition) is 4. The highest BCUT2D eigenvalue weighted by atomic mass is 16.2. The van der Waals surface area contributed by atoms with E-state index in [1.54, 1.807) is 0 Å². The zero-order valence-electron chi connectivity index (χ0n) is 14.0. The first-order valence-electron chi connectivity index (χ1n) is 8.22. The zero-order valence-corrected chi connectivity index (χ0v) is 14.0. The molecule has 0 aromatic heterocycles. The van der Waals surface area contributed by atoms with Crippen LogP contribution >= 0.6 is 0 Å². The first-order valence-corrected chi connectivity index (χ1v) is 8.22. The summed E-state index contributed by atoms with van der Waals surface area (Å²) in [5.74, 6) is 0.370. The number of hydrogen-bond donors (Lipinski definition) is 0. The maximum atomic E-state index is 12.2. The van der Waals surface area contributed by atoms with Gasteiger partial charge in [-0.3, -0.25) is 9.69 Å². The molecule has 2 aliphatic heterocycles. The third kappa shape index (κ3) is 4.12. The molecule has 7 nitrogen and oxygen atoms in total. The van der Waals surface area contributed by atoms with Gasteiger partial charge in [0.25, 0.3) is 0 Å². The molecule has 2 heterocycles. The molecule has 0 aromatic carbocycles. The highest BCUT2D eigenvalue weighted by Gasteiger charge is 2.36. The lowest BCUT2D eigenvalue weighted by atomic mass is 10.0. The predicted octanol–water partition coefficient (Wildman–Crippen LogP) is 1.56. The molecule has 2 saturated heterocycles. The van der Waals surface area contributed by atoms with Gasteiger partial charge in [-0.1, -0.05) is 12.0 Å². The van der Waals surface area contributed by atoms with Crippen molar-refractivity contribution < 1.29 is 4.79 Å². The fourth-order valence-corrected chi connectivity index (χ4v) is 3.52. The highest BCUT2D eigenvalue weighted by Crippen LogP contribution is 2.24. The van der Waals surface area contributed by atoms with Crippen molar-refractivity contribution in [3.8, 4) is 0 Å². The van der Waals surface area contributed by atoms with Crippen LogP contribution in [0, 0.1) is 5.92 Å². The summed E-state index contributed by atoms with van der Waals surface area (Å²) in [6.45, 7) is 14.0. The first kappa shape index (κ1) is 17.1. The van der Waals surface area contributed by atoms with Gasteiger partial charge >= 0.3 is 0 Å². The van der Waals surface area contributed by atoms with Crippen molar-refractivity contribution >= 4 is 5.91 Å². The van der Waals surface area contributed by atoms with Gasteiger partial charge in [-0.2, -0.15) is 0 Å². The highest BCUT2D eigenvalue weighted by molar-refractivity contribution is 5.78. The van der Waals surface area contributed by atoms with Crippen molar-refractivity contribution in [2.75, 3.05) is 52.4 Å². The molecule has 0 aliphatic carbocycles. The minimum atomic E-state index is -0.0110. The van der Waals surface area contributed by atoms with Gasteiger partial charge < -0.3 is 9.80 Å². The lowest BCUT2D eigenvalue weighted by Crippen LogP contribution is -2.58. The Bertz CT molecular complexity index is 437. The summed E-state index contributed by atoms with van der Waals surface area (Å²) >= 11 is 0. The summed E-state index contributed by atoms with van der Waals surface area (Å²) in [7, 11) is 0. The molecule has 2 aliphatic rings. The van der Waals surface area contributed by atoms with Crippen LogP contribution in [0.3, 0.4) is 0 Å². The van der Waals surface area contributed by atoms with Gasteiger partial charge in [-0.05, 0) is 31.8 Å². The summed E-state index contributed by atoms with van der Waals surface area (Å²) in [4.78, 5) is 21.9. The quantitative estimate of drug-likeness (QED) is 0.424. The Kier molecular flexibility index (Phi) is 5.67. The Morgan fingerprint density at radius 2 is 2.00 bits per heavy atom. The number of carbonyl (C=O) groups excluding carboxylic acids is 1. The molecule has 0 spiro atoms. The molecule has 7 heteroatoms. The van der Waals surface area contributed by atoms with E-state index in [1.165, 1.54) is 0 Å². The first-order chi connectivity index (χ1) is 10.5. The fraction of sp³-hybridized carbons (Fsp3) is 0.933. The van der Waals surface area contributed by atoms with Crippen molar-refractivity contribution in [1.29, 1.82) is 0 Å². The molecule has 1 atom stereocenters. The van der Waals surface area contributed by atoms with Crippen LogP contribution in [0.25, 0.3) is 10.4 Å². The molecule has 1 unspecified atom stereocenters. The molecule has 0 N–H and O–H groups in total. The number of piperazine rings is 1. The van der Waals surface area contributed by atoms with Crippen LogP contribution in [-0.2, 0) is 4.79 Å². The van der Waals surface area contributed by atoms with E-state index in [1.807, 2.05) is 4.90 Å². The van der Waals surface area contributed by atoms with Crippen molar-refractivity contribution in [2.45, 2.75) is 32.7 Å². The van der Waals surface area contributed by atoms with E-state index >= 15 is 0 Å². The predicted molar refractivity (Wildman–Crippen MR) is 86.5 cm³/mol. The van der Waals surface area contributed by atoms with Gasteiger partial charge in [0.1, 0.15) is 0 Å². The van der Waals surface area contributed by atoms with Gasteiger partial charge in [0.2, 0.25) is 5.91 Å². The lowest BCUT2D eigenvalue weighted by molar-refractivity contribution is -0.129. The Labute approximate surface area is 132 Å². The summed E-state index contributed by atoms with van der Waals surface area (Å²) < 4.78 is 0. The van der Waals surface area contributed by atoms with Crippen molar-refractivity contribution in [2.24, 2.45) is 11.0 Å². The van der Waals surface area contributed by atoms with Gasteiger partial charge in [-0.15, -0.1) is 0 Å². The molecule has 0 radical (unpaired) electrons. The summed E-state index contributed by atoms with van der Waals surface area (Å²) in [5.41, 5.74) is 8.39. The van der Waals surface area contributed by atoms with E-state index in [2.05, 4.69) is 40.6 Å². The minimum Gasteiger partial charge on any atom is -0.341 e. The monoisotopic (exact) mass is 308 g/mol. The number of nitrogens with zero attached hydrogens (tertiary/aromatic N) is 6. The van der Waals surface area contributed by atoms with E-state index in [9.17, 15) is 4.79 Å². The molecule has 2 rings (SSSR count). The van der Waals surface area contributed by atoms with Crippen molar-refractivity contribution in [3.63, 3.8) is 0 Å². The lowest BCUT2D eigenvalue weighted by Gasteiger charge is -2.45. The largest absolute Gasteiger partial charge is 0.341 e. The van der Waals surface area contributed by atoms with Crippen LogP contribution in [-0.4, -0.2) is 78.5 Å². The van der Waals surface area contributed by atoms with E-state index < -0.39 is 0 Å². The molecular weight excluding hydrogens is 280 g/mol. The molecule has 124 valence electrons. The second-order valence-electron chi connectivity index (χ2n) is 6.99. The Morgan fingerprint density at radius 1 is 1.32 bits per heavy atom. The molecule has 1 amide bonds. The fourth-order valence-electron chi connectivity index (χ4n) is 3.52. The van der Waals surface area contributed by atoms with Gasteiger partial charge in [0, 0.05) is 62.7 Å². The van der Waals surface area contributed by atoms with Crippen LogP contribution in [0.4, 0.5) is 0 Å². The Morgan fingerprint density at radius 3 is 2.59 bits per heavy atom. The summed E-state index contributed by atoms with van der Waals surface area (Å²) in [6.07, 6.45) is 0.513. The van der Waals surface area contributed by atoms with E-state index in [0.29, 0.717) is 13.0 Å². The standard InChI is InChI=1S/C15H28N6O/c1-4-19-5-7-21(8-6-19)15(2,3)12-20-11-13(9-14(20)22)10-17-18-16/h13H,4-12H2,1-3H3. The third-order valence-corrected chi connectivity index (χ3v) is 4.95. The van der Waals surface area contributed by atoms with Crippen LogP contribution < -0.4 is 0 Å². The summed E-state index contributed by atoms with van der Waals surface area (Å²) in [5, 5.41) is 3.61. The summed E-state index contributed by atoms with van der Waals surface area (Å²) in [6, 6.07) is 0. The van der Waals surface area contributed by atoms with E-state index in [-0.39, 0.29) is 17.4 Å². The minimum absolute atomic E-state index is 0.0110. The number of amides is 1. The number of rotatable bonds is 6. The van der Waals surface area contributed by atoms with Crippen LogP contribution in [0.15, 0.2) is 5.11 Å². The number of likely N-dealkylation sites (tertiary alicyclic amines) is 1. The second kappa shape index (κ2) is 7.31. The maximum absolute atomic E-state index is 12.2. The molecule has 0 aromatic rings. The number of carbonyl (C=O) groups is 1. The van der Waals surface area contributed by atoms with Crippen LogP contribution in [0.2, 0.25) is 0 Å². The SMILES string of the molecule is CCN1CCN(C(C)(C)CN2CC(CN=[N+]=[N-])CC2=O)CC1. The maximum Gasteiger partial charge on any atom is 0.222 e. The average molecular weight is 308 g/mol. The molecule has 2 fully saturated rings. The van der Waals surface area contributed by atoms with Gasteiger partial charge in [0.15, 0.2) is 0 Å². The number of likely N-dealkylation sites (N-methyl/N-ethyl adjacent to an activating group) is 1. The smallest absolute Gasteiger partial charge is 0.222 e. The van der Waals surface area contributed by atoms with Gasteiger partial charge in [0.05, 0.1) is 0 Å². The Balaban J connectivity index is 1.88. The molecule has 0 saturated carbocycles. The topological polar surface area (TPSA) is 75.6 Å². The van der Waals surface area contributed by atoms with Crippen LogP contribution in [0.1, 0.15) is 27.2 Å². The third-order valence-electron chi connectivity index (χ3n) is 4.95. The number of azide groups is 1. The van der Waals surface area contributed by atoms with Gasteiger partial charge in [-0.25, -0.2) is 0 Å². The van der Waals surface area contributed by atoms with Crippen LogP contribution in [0.5, 0.6) is 0 Å². The zero-order chi connectivity index (χ0) is 16.2.